The lowest BCUT2D eigenvalue weighted by Crippen LogP contribution is -2.40. The van der Waals surface area contributed by atoms with E-state index in [0.717, 1.165) is 18.4 Å². The molecule has 0 amide bonds. The molecule has 1 unspecified atom stereocenters. The Kier molecular flexibility index (Phi) is 3.76. The van der Waals surface area contributed by atoms with Crippen molar-refractivity contribution in [3.8, 4) is 6.07 Å². The molecule has 3 rings (SSSR count). The number of piperidine rings is 1. The predicted octanol–water partition coefficient (Wildman–Crippen LogP) is 2.91. The standard InChI is InChI=1S/C17H16FN3O/c1-11-9-21(6-5-12(11)10-22)17-13(7-19)8-20-16-14(17)3-2-4-15(16)18/h2-4,8,10-12H,5-6,9H2,1H3/t11-,12?/m1/s1. The molecule has 1 aliphatic rings. The van der Waals surface area contributed by atoms with Crippen molar-refractivity contribution in [2.75, 3.05) is 18.0 Å². The van der Waals surface area contributed by atoms with Crippen molar-refractivity contribution in [2.24, 2.45) is 11.8 Å². The third-order valence-electron chi connectivity index (χ3n) is 4.40. The van der Waals surface area contributed by atoms with Crippen LogP contribution in [0.3, 0.4) is 0 Å². The first-order valence-electron chi connectivity index (χ1n) is 7.33. The Hall–Kier alpha value is -2.48. The zero-order valence-electron chi connectivity index (χ0n) is 12.3. The third-order valence-corrected chi connectivity index (χ3v) is 4.40. The summed E-state index contributed by atoms with van der Waals surface area (Å²) in [5.74, 6) is -0.139. The number of nitriles is 1. The molecule has 22 heavy (non-hydrogen) atoms. The highest BCUT2D eigenvalue weighted by atomic mass is 19.1. The second kappa shape index (κ2) is 5.72. The summed E-state index contributed by atoms with van der Waals surface area (Å²) in [6, 6.07) is 6.94. The maximum Gasteiger partial charge on any atom is 0.149 e. The van der Waals surface area contributed by atoms with Gasteiger partial charge in [0, 0.05) is 30.6 Å². The van der Waals surface area contributed by atoms with E-state index in [1.165, 1.54) is 12.3 Å². The van der Waals surface area contributed by atoms with Gasteiger partial charge in [0.15, 0.2) is 0 Å². The van der Waals surface area contributed by atoms with E-state index in [-0.39, 0.29) is 23.2 Å². The largest absolute Gasteiger partial charge is 0.370 e. The van der Waals surface area contributed by atoms with Gasteiger partial charge in [0.05, 0.1) is 11.3 Å². The molecule has 4 nitrogen and oxygen atoms in total. The zero-order valence-corrected chi connectivity index (χ0v) is 12.3. The number of aromatic nitrogens is 1. The van der Waals surface area contributed by atoms with Gasteiger partial charge in [0.1, 0.15) is 23.7 Å². The molecule has 1 aromatic heterocycles. The van der Waals surface area contributed by atoms with Gasteiger partial charge in [0.2, 0.25) is 0 Å². The molecule has 1 aliphatic heterocycles. The second-order valence-corrected chi connectivity index (χ2v) is 5.78. The lowest BCUT2D eigenvalue weighted by atomic mass is 9.87. The van der Waals surface area contributed by atoms with Crippen LogP contribution in [0.1, 0.15) is 18.9 Å². The lowest BCUT2D eigenvalue weighted by Gasteiger charge is -2.37. The number of hydrogen-bond donors (Lipinski definition) is 0. The van der Waals surface area contributed by atoms with E-state index < -0.39 is 0 Å². The van der Waals surface area contributed by atoms with Crippen LogP contribution >= 0.6 is 0 Å². The number of fused-ring (bicyclic) bond motifs is 1. The minimum Gasteiger partial charge on any atom is -0.370 e. The second-order valence-electron chi connectivity index (χ2n) is 5.78. The Morgan fingerprint density at radius 1 is 1.50 bits per heavy atom. The molecule has 2 heterocycles. The Balaban J connectivity index is 2.12. The number of benzene rings is 1. The first kappa shape index (κ1) is 14.5. The van der Waals surface area contributed by atoms with Crippen LogP contribution in [0.25, 0.3) is 10.9 Å². The van der Waals surface area contributed by atoms with Crippen LogP contribution in [0.4, 0.5) is 10.1 Å². The van der Waals surface area contributed by atoms with Crippen LogP contribution in [-0.4, -0.2) is 24.4 Å². The molecule has 0 aliphatic carbocycles. The van der Waals surface area contributed by atoms with Gasteiger partial charge in [0.25, 0.3) is 0 Å². The van der Waals surface area contributed by atoms with Gasteiger partial charge in [-0.2, -0.15) is 5.26 Å². The zero-order chi connectivity index (χ0) is 15.7. The highest BCUT2D eigenvalue weighted by Gasteiger charge is 2.28. The minimum absolute atomic E-state index is 0.0478. The maximum atomic E-state index is 14.0. The van der Waals surface area contributed by atoms with Gasteiger partial charge < -0.3 is 9.69 Å². The molecular weight excluding hydrogens is 281 g/mol. The number of halogens is 1. The van der Waals surface area contributed by atoms with Crippen LogP contribution in [0.15, 0.2) is 24.4 Å². The van der Waals surface area contributed by atoms with Crippen molar-refractivity contribution in [1.82, 2.24) is 4.98 Å². The fourth-order valence-electron chi connectivity index (χ4n) is 3.16. The number of hydrogen-bond acceptors (Lipinski definition) is 4. The van der Waals surface area contributed by atoms with Gasteiger partial charge >= 0.3 is 0 Å². The number of pyridine rings is 1. The van der Waals surface area contributed by atoms with Gasteiger partial charge in [-0.1, -0.05) is 19.1 Å². The molecule has 5 heteroatoms. The summed E-state index contributed by atoms with van der Waals surface area (Å²) in [7, 11) is 0. The van der Waals surface area contributed by atoms with E-state index in [2.05, 4.69) is 16.0 Å². The molecule has 1 saturated heterocycles. The summed E-state index contributed by atoms with van der Waals surface area (Å²) in [5.41, 5.74) is 1.44. The maximum absolute atomic E-state index is 14.0. The number of anilines is 1. The monoisotopic (exact) mass is 297 g/mol. The fourth-order valence-corrected chi connectivity index (χ4v) is 3.16. The first-order chi connectivity index (χ1) is 10.7. The quantitative estimate of drug-likeness (QED) is 0.800. The Morgan fingerprint density at radius 2 is 2.32 bits per heavy atom. The Labute approximate surface area is 128 Å². The Morgan fingerprint density at radius 3 is 3.00 bits per heavy atom. The van der Waals surface area contributed by atoms with E-state index >= 15 is 0 Å². The third kappa shape index (κ3) is 2.31. The van der Waals surface area contributed by atoms with Crippen LogP contribution in [0.5, 0.6) is 0 Å². The van der Waals surface area contributed by atoms with E-state index in [4.69, 9.17) is 0 Å². The van der Waals surface area contributed by atoms with Crippen molar-refractivity contribution in [3.05, 3.63) is 35.8 Å². The molecule has 0 saturated carbocycles. The molecule has 0 radical (unpaired) electrons. The van der Waals surface area contributed by atoms with E-state index in [1.807, 2.05) is 6.92 Å². The van der Waals surface area contributed by atoms with E-state index in [9.17, 15) is 14.4 Å². The van der Waals surface area contributed by atoms with Crippen LogP contribution in [0.2, 0.25) is 0 Å². The van der Waals surface area contributed by atoms with Gasteiger partial charge in [-0.25, -0.2) is 4.39 Å². The molecule has 0 N–H and O–H groups in total. The summed E-state index contributed by atoms with van der Waals surface area (Å²) < 4.78 is 14.0. The molecule has 0 bridgehead atoms. The molecular formula is C17H16FN3O. The first-order valence-corrected chi connectivity index (χ1v) is 7.33. The predicted molar refractivity (Wildman–Crippen MR) is 82.0 cm³/mol. The smallest absolute Gasteiger partial charge is 0.149 e. The molecule has 0 spiro atoms. The normalized spacial score (nSPS) is 21.6. The van der Waals surface area contributed by atoms with Crippen molar-refractivity contribution in [1.29, 1.82) is 5.26 Å². The Bertz CT molecular complexity index is 768. The van der Waals surface area contributed by atoms with Crippen LogP contribution in [0, 0.1) is 29.0 Å². The van der Waals surface area contributed by atoms with Crippen molar-refractivity contribution < 1.29 is 9.18 Å². The molecule has 2 atom stereocenters. The van der Waals surface area contributed by atoms with Gasteiger partial charge in [-0.3, -0.25) is 4.98 Å². The summed E-state index contributed by atoms with van der Waals surface area (Å²) in [6.45, 7) is 3.38. The van der Waals surface area contributed by atoms with Crippen molar-refractivity contribution in [3.63, 3.8) is 0 Å². The highest BCUT2D eigenvalue weighted by molar-refractivity contribution is 5.94. The van der Waals surface area contributed by atoms with Crippen molar-refractivity contribution in [2.45, 2.75) is 13.3 Å². The van der Waals surface area contributed by atoms with Crippen LogP contribution in [-0.2, 0) is 4.79 Å². The average molecular weight is 297 g/mol. The summed E-state index contributed by atoms with van der Waals surface area (Å²) >= 11 is 0. The number of nitrogens with zero attached hydrogens (tertiary/aromatic N) is 3. The number of para-hydroxylation sites is 1. The van der Waals surface area contributed by atoms with Gasteiger partial charge in [-0.15, -0.1) is 0 Å². The summed E-state index contributed by atoms with van der Waals surface area (Å²) in [6.07, 6.45) is 3.18. The molecule has 112 valence electrons. The molecule has 1 fully saturated rings. The SMILES string of the molecule is C[C@@H]1CN(c2c(C#N)cnc3c(F)cccc23)CCC1C=O. The van der Waals surface area contributed by atoms with Crippen LogP contribution < -0.4 is 4.90 Å². The highest BCUT2D eigenvalue weighted by Crippen LogP contribution is 2.34. The molecule has 1 aromatic carbocycles. The summed E-state index contributed by atoms with van der Waals surface area (Å²) in [5, 5.41) is 10.0. The topological polar surface area (TPSA) is 57.0 Å². The average Bonchev–Trinajstić information content (AvgIpc) is 2.54. The number of rotatable bonds is 2. The number of carbonyl (C=O) groups is 1. The molecule has 2 aromatic rings. The lowest BCUT2D eigenvalue weighted by molar-refractivity contribution is -0.112. The summed E-state index contributed by atoms with van der Waals surface area (Å²) in [4.78, 5) is 17.2. The number of aldehydes is 1. The van der Waals surface area contributed by atoms with Gasteiger partial charge in [-0.05, 0) is 18.4 Å². The van der Waals surface area contributed by atoms with E-state index in [0.29, 0.717) is 24.0 Å². The van der Waals surface area contributed by atoms with E-state index in [1.54, 1.807) is 12.1 Å². The van der Waals surface area contributed by atoms with Crippen molar-refractivity contribution >= 4 is 22.9 Å². The minimum atomic E-state index is -0.390. The number of carbonyl (C=O) groups excluding carboxylic acids is 1. The fraction of sp³-hybridized carbons (Fsp3) is 0.353.